The van der Waals surface area contributed by atoms with Crippen LogP contribution in [0.4, 0.5) is 0 Å². The van der Waals surface area contributed by atoms with Gasteiger partial charge in [-0.15, -0.1) is 11.8 Å². The van der Waals surface area contributed by atoms with E-state index in [0.717, 1.165) is 0 Å². The fraction of sp³-hybridized carbons (Fsp3) is 0.500. The molecular weight excluding hydrogens is 284 g/mol. The molecule has 0 saturated heterocycles. The van der Waals surface area contributed by atoms with Crippen molar-refractivity contribution < 1.29 is 115 Å². The molecule has 8 nitrogen and oxygen atoms in total. The summed E-state index contributed by atoms with van der Waals surface area (Å²) >= 11 is 0.0969. The van der Waals surface area contributed by atoms with Gasteiger partial charge in [-0.3, -0.25) is 0 Å². The molecule has 0 aromatic carbocycles. The van der Waals surface area contributed by atoms with Gasteiger partial charge >= 0.3 is 75.4 Å². The van der Waals surface area contributed by atoms with Crippen LogP contribution >= 0.6 is 11.8 Å². The van der Waals surface area contributed by atoms with Crippen LogP contribution in [0.2, 0.25) is 0 Å². The van der Waals surface area contributed by atoms with Crippen LogP contribution in [-0.4, -0.2) is 34.4 Å². The van der Waals surface area contributed by atoms with Crippen LogP contribution < -0.4 is 95.9 Å². The Kier molecular flexibility index (Phi) is 26.9. The molecule has 0 aliphatic heterocycles. The Morgan fingerprint density at radius 1 is 0.667 bits per heavy atom. The fourth-order valence-electron chi connectivity index (χ4n) is 0.875. The smallest absolute Gasteiger partial charge is 0.550 e. The van der Waals surface area contributed by atoms with Crippen molar-refractivity contribution in [2.75, 3.05) is 0 Å². The van der Waals surface area contributed by atoms with Crippen LogP contribution in [0.1, 0.15) is 12.8 Å². The first-order chi connectivity index (χ1) is 7.73. The van der Waals surface area contributed by atoms with Gasteiger partial charge in [-0.05, 0) is 0 Å². The largest absolute Gasteiger partial charge is 1.00 e. The number of hydrogen-bond donors (Lipinski definition) is 0. The Balaban J connectivity index is -0.000000213. The molecule has 0 fully saturated rings. The van der Waals surface area contributed by atoms with Gasteiger partial charge in [0, 0.05) is 24.8 Å². The van der Waals surface area contributed by atoms with E-state index < -0.39 is 47.2 Å². The molecule has 0 radical (unpaired) electrons. The van der Waals surface area contributed by atoms with E-state index in [2.05, 4.69) is 0 Å². The molecule has 0 aliphatic rings. The first-order valence-corrected chi connectivity index (χ1v) is 5.15. The second-order valence-corrected chi connectivity index (χ2v) is 4.31. The van der Waals surface area contributed by atoms with Gasteiger partial charge in [0.25, 0.3) is 0 Å². The van der Waals surface area contributed by atoms with Gasteiger partial charge in [-0.1, -0.05) is 0 Å². The average Bonchev–Trinajstić information content (AvgIpc) is 2.13. The average molecular weight is 290 g/mol. The summed E-state index contributed by atoms with van der Waals surface area (Å²) in [6.07, 6.45) is -1.99. The quantitative estimate of drug-likeness (QED) is 0.395. The standard InChI is InChI=1S/C8H10O8S.4Li/c9-5(10)1-3(7(13)14)17-4(8(15)16)2-6(11)12;;;;/h3-4H,1-2H2,(H,9,10)(H,11,12)(H,13,14)(H,15,16);;;;/q;4*+1/p-4. The van der Waals surface area contributed by atoms with Gasteiger partial charge in [0.05, 0.1) is 22.4 Å². The van der Waals surface area contributed by atoms with Gasteiger partial charge in [-0.2, -0.15) is 0 Å². The summed E-state index contributed by atoms with van der Waals surface area (Å²) in [5.74, 6) is -7.11. The second kappa shape index (κ2) is 17.0. The van der Waals surface area contributed by atoms with Crippen molar-refractivity contribution in [1.82, 2.24) is 0 Å². The van der Waals surface area contributed by atoms with Crippen molar-refractivity contribution in [1.29, 1.82) is 0 Å². The monoisotopic (exact) mass is 290 g/mol. The maximum Gasteiger partial charge on any atom is 1.00 e. The predicted molar refractivity (Wildman–Crippen MR) is 44.4 cm³/mol. The molecule has 0 heterocycles. The molecule has 21 heavy (non-hydrogen) atoms. The molecule has 0 aromatic heterocycles. The van der Waals surface area contributed by atoms with Gasteiger partial charge in [0.15, 0.2) is 0 Å². The summed E-state index contributed by atoms with van der Waals surface area (Å²) in [6, 6.07) is 0. The van der Waals surface area contributed by atoms with Crippen molar-refractivity contribution >= 4 is 35.6 Å². The Hall–Kier alpha value is 0.620. The zero-order valence-corrected chi connectivity index (χ0v) is 13.1. The summed E-state index contributed by atoms with van der Waals surface area (Å²) < 4.78 is 0. The summed E-state index contributed by atoms with van der Waals surface area (Å²) in [4.78, 5) is 41.3. The van der Waals surface area contributed by atoms with Crippen LogP contribution in [0.5, 0.6) is 0 Å². The van der Waals surface area contributed by atoms with Crippen LogP contribution in [0, 0.1) is 0 Å². The number of hydrogen-bond acceptors (Lipinski definition) is 9. The third-order valence-corrected chi connectivity index (χ3v) is 2.93. The first kappa shape index (κ1) is 33.3. The maximum atomic E-state index is 10.5. The van der Waals surface area contributed by atoms with Gasteiger partial charge in [0.2, 0.25) is 0 Å². The summed E-state index contributed by atoms with van der Waals surface area (Å²) in [7, 11) is 0. The number of aliphatic carboxylic acids is 4. The molecule has 0 aliphatic carbocycles. The normalized spacial score (nSPS) is 11.0. The van der Waals surface area contributed by atoms with E-state index in [4.69, 9.17) is 0 Å². The van der Waals surface area contributed by atoms with Crippen molar-refractivity contribution in [2.45, 2.75) is 23.3 Å². The van der Waals surface area contributed by atoms with E-state index in [0.29, 0.717) is 0 Å². The van der Waals surface area contributed by atoms with Crippen molar-refractivity contribution in [3.8, 4) is 0 Å². The summed E-state index contributed by atoms with van der Waals surface area (Å²) in [6.45, 7) is 0. The van der Waals surface area contributed by atoms with Gasteiger partial charge in [-0.25, -0.2) is 0 Å². The molecule has 0 amide bonds. The molecule has 0 rings (SSSR count). The van der Waals surface area contributed by atoms with Crippen molar-refractivity contribution in [2.24, 2.45) is 0 Å². The molecule has 2 atom stereocenters. The van der Waals surface area contributed by atoms with Crippen molar-refractivity contribution in [3.63, 3.8) is 0 Å². The molecule has 0 bridgehead atoms. The van der Waals surface area contributed by atoms with E-state index >= 15 is 0 Å². The van der Waals surface area contributed by atoms with Crippen LogP contribution in [0.3, 0.4) is 0 Å². The van der Waals surface area contributed by atoms with E-state index in [-0.39, 0.29) is 87.2 Å². The number of carbonyl (C=O) groups excluding carboxylic acids is 4. The Bertz CT molecular complexity index is 321. The number of carbonyl (C=O) groups is 4. The Labute approximate surface area is 172 Å². The zero-order chi connectivity index (χ0) is 13.6. The van der Waals surface area contributed by atoms with E-state index in [1.165, 1.54) is 0 Å². The number of rotatable bonds is 8. The Morgan fingerprint density at radius 3 is 1.05 bits per heavy atom. The molecular formula is C8H6Li4O8S. The molecule has 0 N–H and O–H groups in total. The van der Waals surface area contributed by atoms with E-state index in [1.807, 2.05) is 0 Å². The van der Waals surface area contributed by atoms with Crippen LogP contribution in [0.15, 0.2) is 0 Å². The topological polar surface area (TPSA) is 161 Å². The third-order valence-electron chi connectivity index (χ3n) is 1.56. The predicted octanol–water partition coefficient (Wildman–Crippen LogP) is -17.7. The molecule has 96 valence electrons. The number of carboxylic acid groups (broad SMARTS) is 4. The fourth-order valence-corrected chi connectivity index (χ4v) is 1.96. The molecule has 0 saturated carbocycles. The molecule has 0 aromatic rings. The minimum atomic E-state index is -1.83. The molecule has 13 heteroatoms. The number of carboxylic acids is 4. The first-order valence-electron chi connectivity index (χ1n) is 4.21. The third kappa shape index (κ3) is 16.8. The van der Waals surface area contributed by atoms with Gasteiger partial charge in [0.1, 0.15) is 0 Å². The van der Waals surface area contributed by atoms with Crippen LogP contribution in [-0.2, 0) is 19.2 Å². The molecule has 0 spiro atoms. The summed E-state index contributed by atoms with van der Waals surface area (Å²) in [5.41, 5.74) is 0. The second-order valence-electron chi connectivity index (χ2n) is 2.90. The minimum absolute atomic E-state index is 0. The SMILES string of the molecule is O=C([O-])CC(SC(CC(=O)[O-])C(=O)[O-])C(=O)[O-].[Li+].[Li+].[Li+].[Li+]. The number of thioether (sulfide) groups is 1. The maximum absolute atomic E-state index is 10.5. The van der Waals surface area contributed by atoms with E-state index in [9.17, 15) is 39.6 Å². The Morgan fingerprint density at radius 2 is 0.905 bits per heavy atom. The zero-order valence-electron chi connectivity index (χ0n) is 12.2. The van der Waals surface area contributed by atoms with Crippen molar-refractivity contribution in [3.05, 3.63) is 0 Å². The molecule has 2 unspecified atom stereocenters. The summed E-state index contributed by atoms with van der Waals surface area (Å²) in [5, 5.41) is 37.9. The van der Waals surface area contributed by atoms with Gasteiger partial charge < -0.3 is 39.6 Å². The minimum Gasteiger partial charge on any atom is -0.550 e. The van der Waals surface area contributed by atoms with Crippen LogP contribution in [0.25, 0.3) is 0 Å². The van der Waals surface area contributed by atoms with E-state index in [1.54, 1.807) is 0 Å².